The molecule has 0 radical (unpaired) electrons. The Hall–Kier alpha value is -1.79. The number of methoxy groups -OCH3 is 2. The van der Waals surface area contributed by atoms with Crippen molar-refractivity contribution in [2.45, 2.75) is 24.9 Å². The van der Waals surface area contributed by atoms with E-state index in [2.05, 4.69) is 9.47 Å². The predicted molar refractivity (Wildman–Crippen MR) is 59.7 cm³/mol. The van der Waals surface area contributed by atoms with Crippen LogP contribution in [0.2, 0.25) is 0 Å². The maximum atomic E-state index is 12.0. The maximum absolute atomic E-state index is 12.0. The molecule has 0 N–H and O–H groups in total. The molecule has 2 atom stereocenters. The molecule has 2 heterocycles. The molecule has 2 rings (SSSR count). The van der Waals surface area contributed by atoms with Crippen molar-refractivity contribution in [3.05, 3.63) is 0 Å². The van der Waals surface area contributed by atoms with Gasteiger partial charge in [-0.15, -0.1) is 0 Å². The van der Waals surface area contributed by atoms with Crippen molar-refractivity contribution in [2.75, 3.05) is 27.3 Å². The second-order valence-electron chi connectivity index (χ2n) is 4.42. The van der Waals surface area contributed by atoms with E-state index in [0.29, 0.717) is 19.4 Å². The van der Waals surface area contributed by atoms with Gasteiger partial charge in [0.1, 0.15) is 12.6 Å². The van der Waals surface area contributed by atoms with Gasteiger partial charge in [-0.3, -0.25) is 9.69 Å². The largest absolute Gasteiger partial charge is 0.467 e. The molecule has 2 saturated heterocycles. The van der Waals surface area contributed by atoms with Crippen LogP contribution in [0.15, 0.2) is 0 Å². The fourth-order valence-electron chi connectivity index (χ4n) is 2.64. The molecule has 2 aliphatic heterocycles. The highest BCUT2D eigenvalue weighted by Gasteiger charge is 2.46. The van der Waals surface area contributed by atoms with Crippen LogP contribution < -0.4 is 0 Å². The third-order valence-corrected chi connectivity index (χ3v) is 3.45. The normalized spacial score (nSPS) is 26.9. The van der Waals surface area contributed by atoms with E-state index in [1.54, 1.807) is 4.90 Å². The van der Waals surface area contributed by atoms with Gasteiger partial charge in [-0.05, 0) is 12.8 Å². The number of esters is 1. The quantitative estimate of drug-likeness (QED) is 0.597. The average Bonchev–Trinajstić information content (AvgIpc) is 2.81. The molecular weight excluding hydrogens is 240 g/mol. The molecule has 2 unspecified atom stereocenters. The van der Waals surface area contributed by atoms with Gasteiger partial charge < -0.3 is 14.4 Å². The van der Waals surface area contributed by atoms with E-state index in [9.17, 15) is 14.4 Å². The molecular formula is C11H16N2O5. The monoisotopic (exact) mass is 256 g/mol. The summed E-state index contributed by atoms with van der Waals surface area (Å²) in [4.78, 5) is 37.9. The lowest BCUT2D eigenvalue weighted by Gasteiger charge is -2.38. The van der Waals surface area contributed by atoms with E-state index in [1.165, 1.54) is 19.1 Å². The molecule has 0 aliphatic carbocycles. The number of nitrogens with zero attached hydrogens (tertiary/aromatic N) is 2. The van der Waals surface area contributed by atoms with Crippen molar-refractivity contribution >= 4 is 18.0 Å². The summed E-state index contributed by atoms with van der Waals surface area (Å²) in [6.45, 7) is 0.364. The molecule has 7 nitrogen and oxygen atoms in total. The van der Waals surface area contributed by atoms with E-state index in [-0.39, 0.29) is 18.5 Å². The number of ether oxygens (including phenoxy) is 2. The molecule has 0 bridgehead atoms. The topological polar surface area (TPSA) is 76.1 Å². The van der Waals surface area contributed by atoms with Crippen molar-refractivity contribution in [3.63, 3.8) is 0 Å². The second-order valence-corrected chi connectivity index (χ2v) is 4.42. The van der Waals surface area contributed by atoms with Crippen LogP contribution >= 0.6 is 0 Å². The lowest BCUT2D eigenvalue weighted by atomic mass is 10.1. The fourth-order valence-corrected chi connectivity index (χ4v) is 2.64. The SMILES string of the molecule is COC(=O)C1CCC2CN(C(=O)OC)CC(=O)N21. The van der Waals surface area contributed by atoms with Gasteiger partial charge in [-0.1, -0.05) is 0 Å². The fraction of sp³-hybridized carbons (Fsp3) is 0.727. The van der Waals surface area contributed by atoms with Crippen LogP contribution in [0.1, 0.15) is 12.8 Å². The summed E-state index contributed by atoms with van der Waals surface area (Å²) < 4.78 is 9.30. The third kappa shape index (κ3) is 2.00. The summed E-state index contributed by atoms with van der Waals surface area (Å²) in [5.74, 6) is -0.623. The Morgan fingerprint density at radius 2 is 1.94 bits per heavy atom. The van der Waals surface area contributed by atoms with Gasteiger partial charge in [0, 0.05) is 6.54 Å². The minimum absolute atomic E-state index is 0.0450. The summed E-state index contributed by atoms with van der Waals surface area (Å²) in [5.41, 5.74) is 0. The summed E-state index contributed by atoms with van der Waals surface area (Å²) in [5, 5.41) is 0. The van der Waals surface area contributed by atoms with Gasteiger partial charge in [0.05, 0.1) is 20.3 Å². The highest BCUT2D eigenvalue weighted by atomic mass is 16.5. The minimum Gasteiger partial charge on any atom is -0.467 e. The van der Waals surface area contributed by atoms with E-state index < -0.39 is 18.1 Å². The highest BCUT2D eigenvalue weighted by Crippen LogP contribution is 2.29. The Morgan fingerprint density at radius 3 is 2.56 bits per heavy atom. The zero-order chi connectivity index (χ0) is 13.3. The van der Waals surface area contributed by atoms with Crippen LogP contribution in [0.5, 0.6) is 0 Å². The number of fused-ring (bicyclic) bond motifs is 1. The third-order valence-electron chi connectivity index (χ3n) is 3.45. The number of carbonyl (C=O) groups is 3. The van der Waals surface area contributed by atoms with E-state index in [0.717, 1.165) is 0 Å². The molecule has 2 amide bonds. The van der Waals surface area contributed by atoms with Crippen molar-refractivity contribution < 1.29 is 23.9 Å². The molecule has 18 heavy (non-hydrogen) atoms. The number of rotatable bonds is 1. The summed E-state index contributed by atoms with van der Waals surface area (Å²) in [7, 11) is 2.59. The van der Waals surface area contributed by atoms with E-state index in [4.69, 9.17) is 0 Å². The number of hydrogen-bond donors (Lipinski definition) is 0. The Morgan fingerprint density at radius 1 is 1.22 bits per heavy atom. The lowest BCUT2D eigenvalue weighted by Crippen LogP contribution is -2.58. The van der Waals surface area contributed by atoms with Crippen LogP contribution in [0.25, 0.3) is 0 Å². The first-order valence-corrected chi connectivity index (χ1v) is 5.80. The van der Waals surface area contributed by atoms with Crippen molar-refractivity contribution in [1.82, 2.24) is 9.80 Å². The number of piperazine rings is 1. The molecule has 0 aromatic carbocycles. The van der Waals surface area contributed by atoms with Gasteiger partial charge in [0.25, 0.3) is 0 Å². The van der Waals surface area contributed by atoms with Gasteiger partial charge >= 0.3 is 12.1 Å². The Kier molecular flexibility index (Phi) is 3.40. The molecule has 0 spiro atoms. The van der Waals surface area contributed by atoms with Crippen LogP contribution in [0.4, 0.5) is 4.79 Å². The molecule has 7 heteroatoms. The minimum atomic E-state index is -0.510. The first-order valence-electron chi connectivity index (χ1n) is 5.80. The van der Waals surface area contributed by atoms with Gasteiger partial charge in [0.15, 0.2) is 0 Å². The van der Waals surface area contributed by atoms with Crippen molar-refractivity contribution in [2.24, 2.45) is 0 Å². The summed E-state index contributed by atoms with van der Waals surface area (Å²) in [6, 6.07) is -0.623. The Balaban J connectivity index is 2.11. The molecule has 2 fully saturated rings. The van der Waals surface area contributed by atoms with Crippen LogP contribution in [-0.4, -0.2) is 67.2 Å². The summed E-state index contributed by atoms with van der Waals surface area (Å²) >= 11 is 0. The molecule has 0 aromatic rings. The Labute approximate surface area is 105 Å². The van der Waals surface area contributed by atoms with Crippen LogP contribution in [0, 0.1) is 0 Å². The molecule has 0 saturated carbocycles. The van der Waals surface area contributed by atoms with Crippen molar-refractivity contribution in [1.29, 1.82) is 0 Å². The number of carbonyl (C=O) groups excluding carboxylic acids is 3. The number of hydrogen-bond acceptors (Lipinski definition) is 5. The van der Waals surface area contributed by atoms with E-state index >= 15 is 0 Å². The van der Waals surface area contributed by atoms with Crippen LogP contribution in [-0.2, 0) is 19.1 Å². The Bertz CT molecular complexity index is 384. The van der Waals surface area contributed by atoms with Gasteiger partial charge in [-0.2, -0.15) is 0 Å². The highest BCUT2D eigenvalue weighted by molar-refractivity contribution is 5.89. The average molecular weight is 256 g/mol. The van der Waals surface area contributed by atoms with Gasteiger partial charge in [-0.25, -0.2) is 9.59 Å². The van der Waals surface area contributed by atoms with Crippen molar-refractivity contribution in [3.8, 4) is 0 Å². The standard InChI is InChI=1S/C11H16N2O5/c1-17-10(15)8-4-3-7-5-12(11(16)18-2)6-9(14)13(7)8/h7-8H,3-6H2,1-2H3. The molecule has 2 aliphatic rings. The zero-order valence-corrected chi connectivity index (χ0v) is 10.4. The smallest absolute Gasteiger partial charge is 0.410 e. The molecule has 0 aromatic heterocycles. The predicted octanol–water partition coefficient (Wildman–Crippen LogP) is -0.399. The molecule has 100 valence electrons. The first kappa shape index (κ1) is 12.7. The maximum Gasteiger partial charge on any atom is 0.410 e. The van der Waals surface area contributed by atoms with Gasteiger partial charge in [0.2, 0.25) is 5.91 Å². The van der Waals surface area contributed by atoms with E-state index in [1.807, 2.05) is 0 Å². The second kappa shape index (κ2) is 4.83. The zero-order valence-electron chi connectivity index (χ0n) is 10.4. The summed E-state index contributed by atoms with van der Waals surface area (Å²) in [6.07, 6.45) is 0.765. The van der Waals surface area contributed by atoms with Crippen LogP contribution in [0.3, 0.4) is 0 Å². The first-order chi connectivity index (χ1) is 8.58. The number of amides is 2. The lowest BCUT2D eigenvalue weighted by molar-refractivity contribution is -0.154.